The van der Waals surface area contributed by atoms with Gasteiger partial charge in [0.1, 0.15) is 11.4 Å². The van der Waals surface area contributed by atoms with Gasteiger partial charge >= 0.3 is 0 Å². The Morgan fingerprint density at radius 2 is 1.74 bits per heavy atom. The van der Waals surface area contributed by atoms with Crippen LogP contribution in [0.3, 0.4) is 0 Å². The van der Waals surface area contributed by atoms with Crippen LogP contribution in [-0.2, 0) is 28.4 Å². The summed E-state index contributed by atoms with van der Waals surface area (Å²) in [4.78, 5) is 16.3. The number of carbonyl (C=O) groups is 1. The van der Waals surface area contributed by atoms with Crippen molar-refractivity contribution in [2.75, 3.05) is 33.9 Å². The molecule has 0 radical (unpaired) electrons. The normalized spacial score (nSPS) is 18.7. The van der Waals surface area contributed by atoms with E-state index in [1.807, 2.05) is 74.0 Å². The number of aryl methyl sites for hydroxylation is 1. The van der Waals surface area contributed by atoms with Gasteiger partial charge in [0.2, 0.25) is 10.0 Å². The standard InChI is InChI=1S/C33H39N3O6S/c1-22-18-36(23(2)20-37)33(38)32-31(28-12-8-9-13-29(28)35(32)4)27-11-7-6-10-24(27)21-42-30(22)19-34(3)43(39,40)26-16-14-25(41-5)15-17-26/h6-17,22-23,30,37H,18-21H2,1-5H3/t22-,23+,30+/m1/s1. The number of ether oxygens (including phenoxy) is 2. The van der Waals surface area contributed by atoms with Crippen LogP contribution in [0, 0.1) is 5.92 Å². The predicted octanol–water partition coefficient (Wildman–Crippen LogP) is 4.53. The van der Waals surface area contributed by atoms with Crippen LogP contribution >= 0.6 is 0 Å². The molecule has 43 heavy (non-hydrogen) atoms. The molecule has 0 bridgehead atoms. The van der Waals surface area contributed by atoms with Crippen molar-refractivity contribution in [3.8, 4) is 16.9 Å². The van der Waals surface area contributed by atoms with Crippen LogP contribution < -0.4 is 4.74 Å². The SMILES string of the molecule is COc1ccc(S(=O)(=O)N(C)C[C@@H]2OCc3ccccc3-c3c(n(C)c4ccccc34)C(=O)N([C@@H](C)CO)C[C@H]2C)cc1. The maximum Gasteiger partial charge on any atom is 0.271 e. The monoisotopic (exact) mass is 605 g/mol. The van der Waals surface area contributed by atoms with Gasteiger partial charge in [-0.25, -0.2) is 8.42 Å². The minimum Gasteiger partial charge on any atom is -0.497 e. The van der Waals surface area contributed by atoms with Gasteiger partial charge in [-0.2, -0.15) is 4.31 Å². The molecular formula is C33H39N3O6S. The second kappa shape index (κ2) is 12.5. The average Bonchev–Trinajstić information content (AvgIpc) is 3.31. The molecule has 1 aliphatic heterocycles. The average molecular weight is 606 g/mol. The Hall–Kier alpha value is -3.70. The van der Waals surface area contributed by atoms with E-state index in [9.17, 15) is 18.3 Å². The Labute approximate surface area is 253 Å². The molecule has 1 amide bonds. The van der Waals surface area contributed by atoms with Crippen LogP contribution in [0.25, 0.3) is 22.0 Å². The molecule has 1 aromatic heterocycles. The Kier molecular flexibility index (Phi) is 8.94. The van der Waals surface area contributed by atoms with Crippen LogP contribution in [0.4, 0.5) is 0 Å². The summed E-state index contributed by atoms with van der Waals surface area (Å²) in [5.74, 6) is 0.101. The number of fused-ring (bicyclic) bond motifs is 5. The zero-order valence-corrected chi connectivity index (χ0v) is 26.0. The summed E-state index contributed by atoms with van der Waals surface area (Å²) >= 11 is 0. The molecule has 9 nitrogen and oxygen atoms in total. The van der Waals surface area contributed by atoms with Crippen molar-refractivity contribution in [2.45, 2.75) is 37.5 Å². The number of sulfonamides is 1. The molecule has 0 fully saturated rings. The van der Waals surface area contributed by atoms with Crippen LogP contribution in [-0.4, -0.2) is 79.2 Å². The highest BCUT2D eigenvalue weighted by atomic mass is 32.2. The third-order valence-electron chi connectivity index (χ3n) is 8.43. The lowest BCUT2D eigenvalue weighted by molar-refractivity contribution is -0.0147. The first-order chi connectivity index (χ1) is 20.6. The molecule has 0 saturated carbocycles. The van der Waals surface area contributed by atoms with Crippen LogP contribution in [0.5, 0.6) is 5.75 Å². The van der Waals surface area contributed by atoms with Crippen molar-refractivity contribution in [1.82, 2.24) is 13.8 Å². The molecule has 1 N–H and O–H groups in total. The van der Waals surface area contributed by atoms with Gasteiger partial charge in [-0.15, -0.1) is 0 Å². The maximum atomic E-state index is 14.5. The molecule has 0 aliphatic carbocycles. The van der Waals surface area contributed by atoms with Gasteiger partial charge in [-0.05, 0) is 48.4 Å². The number of methoxy groups -OCH3 is 1. The maximum absolute atomic E-state index is 14.5. The van der Waals surface area contributed by atoms with Gasteiger partial charge in [0, 0.05) is 49.6 Å². The van der Waals surface area contributed by atoms with E-state index in [1.165, 1.54) is 30.6 Å². The largest absolute Gasteiger partial charge is 0.497 e. The zero-order valence-electron chi connectivity index (χ0n) is 25.2. The van der Waals surface area contributed by atoms with E-state index in [1.54, 1.807) is 17.0 Å². The lowest BCUT2D eigenvalue weighted by Crippen LogP contribution is -2.48. The molecule has 3 aromatic carbocycles. The summed E-state index contributed by atoms with van der Waals surface area (Å²) in [6.45, 7) is 4.12. The Morgan fingerprint density at radius 3 is 2.44 bits per heavy atom. The highest BCUT2D eigenvalue weighted by Crippen LogP contribution is 2.38. The molecular weight excluding hydrogens is 566 g/mol. The number of nitrogens with zero attached hydrogens (tertiary/aromatic N) is 3. The van der Waals surface area contributed by atoms with E-state index in [0.29, 0.717) is 11.4 Å². The van der Waals surface area contributed by atoms with Crippen molar-refractivity contribution in [2.24, 2.45) is 13.0 Å². The summed E-state index contributed by atoms with van der Waals surface area (Å²) in [5, 5.41) is 11.2. The van der Waals surface area contributed by atoms with Gasteiger partial charge in [0.15, 0.2) is 0 Å². The zero-order chi connectivity index (χ0) is 30.9. The van der Waals surface area contributed by atoms with E-state index in [2.05, 4.69) is 0 Å². The highest BCUT2D eigenvalue weighted by molar-refractivity contribution is 7.89. The lowest BCUT2D eigenvalue weighted by Gasteiger charge is -2.35. The Morgan fingerprint density at radius 1 is 1.07 bits per heavy atom. The fraction of sp³-hybridized carbons (Fsp3) is 0.364. The van der Waals surface area contributed by atoms with Crippen molar-refractivity contribution in [3.05, 3.63) is 84.1 Å². The van der Waals surface area contributed by atoms with E-state index in [4.69, 9.17) is 9.47 Å². The summed E-state index contributed by atoms with van der Waals surface area (Å²) < 4.78 is 42.0. The third-order valence-corrected chi connectivity index (χ3v) is 10.3. The predicted molar refractivity (Wildman–Crippen MR) is 166 cm³/mol. The molecule has 1 aliphatic rings. The van der Waals surface area contributed by atoms with Crippen LogP contribution in [0.1, 0.15) is 29.9 Å². The van der Waals surface area contributed by atoms with E-state index < -0.39 is 22.2 Å². The first-order valence-electron chi connectivity index (χ1n) is 14.4. The number of benzene rings is 3. The van der Waals surface area contributed by atoms with E-state index in [-0.39, 0.29) is 43.0 Å². The molecule has 0 spiro atoms. The van der Waals surface area contributed by atoms with Gasteiger partial charge in [0.05, 0.1) is 37.4 Å². The highest BCUT2D eigenvalue weighted by Gasteiger charge is 2.34. The molecule has 10 heteroatoms. The molecule has 0 unspecified atom stereocenters. The van der Waals surface area contributed by atoms with E-state index >= 15 is 0 Å². The second-order valence-electron chi connectivity index (χ2n) is 11.2. The van der Waals surface area contributed by atoms with Crippen molar-refractivity contribution in [3.63, 3.8) is 0 Å². The molecule has 3 atom stereocenters. The first-order valence-corrected chi connectivity index (χ1v) is 15.8. The molecule has 5 rings (SSSR count). The number of aliphatic hydroxyl groups is 1. The van der Waals surface area contributed by atoms with Crippen LogP contribution in [0.2, 0.25) is 0 Å². The number of hydrogen-bond donors (Lipinski definition) is 1. The van der Waals surface area contributed by atoms with Gasteiger partial charge in [-0.3, -0.25) is 4.79 Å². The minimum absolute atomic E-state index is 0.0725. The number of hydrogen-bond acceptors (Lipinski definition) is 6. The molecule has 4 aromatic rings. The fourth-order valence-electron chi connectivity index (χ4n) is 5.80. The van der Waals surface area contributed by atoms with Crippen molar-refractivity contribution >= 4 is 26.8 Å². The van der Waals surface area contributed by atoms with Gasteiger partial charge in [-0.1, -0.05) is 49.4 Å². The molecule has 0 saturated heterocycles. The number of aliphatic hydroxyl groups excluding tert-OH is 1. The minimum atomic E-state index is -3.83. The van der Waals surface area contributed by atoms with Crippen molar-refractivity contribution < 1.29 is 27.8 Å². The smallest absolute Gasteiger partial charge is 0.271 e. The lowest BCUT2D eigenvalue weighted by atomic mass is 9.96. The number of aromatic nitrogens is 1. The number of carbonyl (C=O) groups excluding carboxylic acids is 1. The van der Waals surface area contributed by atoms with Crippen molar-refractivity contribution in [1.29, 1.82) is 0 Å². The number of rotatable bonds is 7. The molecule has 2 heterocycles. The van der Waals surface area contributed by atoms with Gasteiger partial charge in [0.25, 0.3) is 5.91 Å². The Balaban J connectivity index is 1.58. The number of para-hydroxylation sites is 1. The Bertz CT molecular complexity index is 1720. The quantitative estimate of drug-likeness (QED) is 0.332. The second-order valence-corrected chi connectivity index (χ2v) is 13.3. The first kappa shape index (κ1) is 30.7. The third kappa shape index (κ3) is 5.80. The van der Waals surface area contributed by atoms with Gasteiger partial charge < -0.3 is 24.0 Å². The summed E-state index contributed by atoms with van der Waals surface area (Å²) in [6, 6.07) is 21.6. The number of amides is 1. The summed E-state index contributed by atoms with van der Waals surface area (Å²) in [7, 11) is 1.13. The topological polar surface area (TPSA) is 101 Å². The van der Waals surface area contributed by atoms with E-state index in [0.717, 1.165) is 27.6 Å². The molecule has 228 valence electrons. The summed E-state index contributed by atoms with van der Waals surface area (Å²) in [5.41, 5.74) is 4.07. The van der Waals surface area contributed by atoms with Crippen LogP contribution in [0.15, 0.2) is 77.7 Å². The fourth-order valence-corrected chi connectivity index (χ4v) is 6.99. The number of likely N-dealkylation sites (N-methyl/N-ethyl adjacent to an activating group) is 1. The summed E-state index contributed by atoms with van der Waals surface area (Å²) in [6.07, 6.45) is -0.551.